The molecule has 2 rings (SSSR count). The molecule has 0 bridgehead atoms. The Morgan fingerprint density at radius 1 is 1.00 bits per heavy atom. The number of aromatic hydroxyl groups is 1. The Hall–Kier alpha value is -4.08. The number of carbonyl (C=O) groups excluding carboxylic acids is 4. The minimum Gasteiger partial charge on any atom is -0.508 e. The van der Waals surface area contributed by atoms with Crippen LogP contribution in [0.3, 0.4) is 0 Å². The van der Waals surface area contributed by atoms with Crippen molar-refractivity contribution in [1.29, 1.82) is 0 Å². The molecule has 0 saturated heterocycles. The first-order chi connectivity index (χ1) is 18.1. The molecule has 0 fully saturated rings. The van der Waals surface area contributed by atoms with Crippen LogP contribution in [-0.2, 0) is 19.1 Å². The van der Waals surface area contributed by atoms with Crippen LogP contribution in [-0.4, -0.2) is 51.5 Å². The Kier molecular flexibility index (Phi) is 10.5. The molecule has 2 aromatic carbocycles. The van der Waals surface area contributed by atoms with E-state index in [0.29, 0.717) is 5.69 Å². The molecule has 0 aliphatic rings. The van der Waals surface area contributed by atoms with E-state index in [0.717, 1.165) is 11.1 Å². The van der Waals surface area contributed by atoms with Crippen molar-refractivity contribution in [3.05, 3.63) is 59.2 Å². The Bertz CT molecular complexity index is 1180. The van der Waals surface area contributed by atoms with Gasteiger partial charge in [-0.15, -0.1) is 0 Å². The Morgan fingerprint density at radius 2 is 1.59 bits per heavy atom. The van der Waals surface area contributed by atoms with Gasteiger partial charge in [-0.2, -0.15) is 0 Å². The number of carbonyl (C=O) groups is 4. The fourth-order valence-electron chi connectivity index (χ4n) is 4.19. The van der Waals surface area contributed by atoms with Crippen molar-refractivity contribution in [3.8, 4) is 5.75 Å². The van der Waals surface area contributed by atoms with Gasteiger partial charge < -0.3 is 31.1 Å². The number of amides is 4. The number of ether oxygens (including phenoxy) is 1. The molecule has 2 aromatic rings. The second-order valence-electron chi connectivity index (χ2n) is 10.8. The van der Waals surface area contributed by atoms with E-state index in [1.807, 2.05) is 32.0 Å². The molecule has 2 atom stereocenters. The molecule has 4 amide bonds. The molecule has 0 aliphatic heterocycles. The van der Waals surface area contributed by atoms with E-state index in [1.165, 1.54) is 11.0 Å². The van der Waals surface area contributed by atoms with Crippen LogP contribution in [0.5, 0.6) is 5.75 Å². The number of phenolic OH excluding ortho intramolecular Hbond substituents is 1. The van der Waals surface area contributed by atoms with Crippen molar-refractivity contribution in [2.24, 2.45) is 5.73 Å². The van der Waals surface area contributed by atoms with Crippen molar-refractivity contribution >= 4 is 29.5 Å². The average Bonchev–Trinajstić information content (AvgIpc) is 2.81. The maximum absolute atomic E-state index is 14.1. The highest BCUT2D eigenvalue weighted by atomic mass is 16.6. The molecule has 2 unspecified atom stereocenters. The smallest absolute Gasteiger partial charge is 0.408 e. The van der Waals surface area contributed by atoms with Crippen LogP contribution in [0.15, 0.2) is 42.5 Å². The lowest BCUT2D eigenvalue weighted by Gasteiger charge is -2.37. The summed E-state index contributed by atoms with van der Waals surface area (Å²) >= 11 is 0. The summed E-state index contributed by atoms with van der Waals surface area (Å²) in [5.41, 5.74) is 6.96. The number of aryl methyl sites for hydroxylation is 2. The van der Waals surface area contributed by atoms with E-state index in [2.05, 4.69) is 10.6 Å². The van der Waals surface area contributed by atoms with E-state index in [4.69, 9.17) is 10.5 Å². The lowest BCUT2D eigenvalue weighted by Crippen LogP contribution is -2.54. The van der Waals surface area contributed by atoms with E-state index >= 15 is 0 Å². The average molecular weight is 541 g/mol. The Labute approximate surface area is 229 Å². The molecule has 39 heavy (non-hydrogen) atoms. The van der Waals surface area contributed by atoms with Gasteiger partial charge >= 0.3 is 6.09 Å². The fraction of sp³-hybridized carbons (Fsp3) is 0.448. The van der Waals surface area contributed by atoms with Crippen molar-refractivity contribution < 1.29 is 29.0 Å². The van der Waals surface area contributed by atoms with Gasteiger partial charge in [0, 0.05) is 23.7 Å². The van der Waals surface area contributed by atoms with Gasteiger partial charge in [-0.25, -0.2) is 4.79 Å². The molecule has 0 saturated carbocycles. The number of benzene rings is 2. The first-order valence-electron chi connectivity index (χ1n) is 12.9. The lowest BCUT2D eigenvalue weighted by molar-refractivity contribution is -0.143. The van der Waals surface area contributed by atoms with Crippen LogP contribution >= 0.6 is 0 Å². The summed E-state index contributed by atoms with van der Waals surface area (Å²) < 4.78 is 5.33. The molecule has 212 valence electrons. The summed E-state index contributed by atoms with van der Waals surface area (Å²) in [5, 5.41) is 16.2. The lowest BCUT2D eigenvalue weighted by atomic mass is 9.98. The molecule has 5 N–H and O–H groups in total. The van der Waals surface area contributed by atoms with Gasteiger partial charge in [-0.3, -0.25) is 14.4 Å². The normalized spacial score (nSPS) is 12.8. The second-order valence-corrected chi connectivity index (χ2v) is 10.8. The molecule has 0 aromatic heterocycles. The van der Waals surface area contributed by atoms with Gasteiger partial charge in [0.05, 0.1) is 0 Å². The second kappa shape index (κ2) is 13.1. The van der Waals surface area contributed by atoms with Gasteiger partial charge in [0.2, 0.25) is 11.8 Å². The van der Waals surface area contributed by atoms with Gasteiger partial charge in [0.15, 0.2) is 0 Å². The number of para-hydroxylation sites is 2. The Morgan fingerprint density at radius 3 is 2.10 bits per heavy atom. The zero-order valence-electron chi connectivity index (χ0n) is 23.7. The topological polar surface area (TPSA) is 151 Å². The number of phenols is 1. The van der Waals surface area contributed by atoms with E-state index < -0.39 is 47.5 Å². The van der Waals surface area contributed by atoms with Crippen LogP contribution in [0.4, 0.5) is 10.5 Å². The maximum Gasteiger partial charge on any atom is 0.408 e. The van der Waals surface area contributed by atoms with Crippen molar-refractivity contribution in [2.75, 3.05) is 5.32 Å². The standard InChI is InChI=1S/C29H40N4O6/c1-17(2)33(27(37)21(15-16-23(30)35)31-28(38)39-29(5,6)7)25(20-13-8-9-14-22(20)34)26(36)32-24-18(3)11-10-12-19(24)4/h8-14,17,21,25,34H,15-16H2,1-7H3,(H2,30,35)(H,31,38)(H,32,36). The molecular formula is C29H40N4O6. The van der Waals surface area contributed by atoms with Crippen molar-refractivity contribution in [3.63, 3.8) is 0 Å². The van der Waals surface area contributed by atoms with E-state index in [-0.39, 0.29) is 24.2 Å². The fourth-order valence-corrected chi connectivity index (χ4v) is 4.19. The van der Waals surface area contributed by atoms with Crippen LogP contribution < -0.4 is 16.4 Å². The van der Waals surface area contributed by atoms with Crippen LogP contribution in [0.2, 0.25) is 0 Å². The third-order valence-electron chi connectivity index (χ3n) is 5.97. The first-order valence-corrected chi connectivity index (χ1v) is 12.9. The Balaban J connectivity index is 2.58. The number of anilines is 1. The quantitative estimate of drug-likeness (QED) is 0.356. The number of rotatable bonds is 10. The highest BCUT2D eigenvalue weighted by Gasteiger charge is 2.39. The monoisotopic (exact) mass is 540 g/mol. The van der Waals surface area contributed by atoms with Gasteiger partial charge in [0.1, 0.15) is 23.4 Å². The van der Waals surface area contributed by atoms with Crippen molar-refractivity contribution in [1.82, 2.24) is 10.2 Å². The number of primary amides is 1. The minimum absolute atomic E-state index is 0.108. The van der Waals surface area contributed by atoms with Crippen LogP contribution in [0.25, 0.3) is 0 Å². The molecule has 10 heteroatoms. The third-order valence-corrected chi connectivity index (χ3v) is 5.97. The van der Waals surface area contributed by atoms with Crippen LogP contribution in [0.1, 0.15) is 70.2 Å². The SMILES string of the molecule is Cc1cccc(C)c1NC(=O)C(c1ccccc1O)N(C(=O)C(CCC(N)=O)NC(=O)OC(C)(C)C)C(C)C. The van der Waals surface area contributed by atoms with Gasteiger partial charge in [-0.1, -0.05) is 36.4 Å². The molecule has 0 spiro atoms. The summed E-state index contributed by atoms with van der Waals surface area (Å²) in [6.45, 7) is 12.2. The number of nitrogens with one attached hydrogen (secondary N) is 2. The maximum atomic E-state index is 14.1. The van der Waals surface area contributed by atoms with Gasteiger partial charge in [0.25, 0.3) is 5.91 Å². The highest BCUT2D eigenvalue weighted by molar-refractivity contribution is 6.00. The van der Waals surface area contributed by atoms with Crippen molar-refractivity contribution in [2.45, 2.75) is 85.0 Å². The van der Waals surface area contributed by atoms with Gasteiger partial charge in [-0.05, 0) is 72.1 Å². The summed E-state index contributed by atoms with van der Waals surface area (Å²) in [6, 6.07) is 8.79. The number of hydrogen-bond acceptors (Lipinski definition) is 6. The number of nitrogens with two attached hydrogens (primary N) is 1. The number of hydrogen-bond donors (Lipinski definition) is 4. The van der Waals surface area contributed by atoms with Crippen LogP contribution in [0, 0.1) is 13.8 Å². The third kappa shape index (κ3) is 8.73. The van der Waals surface area contributed by atoms with E-state index in [9.17, 15) is 24.3 Å². The molecule has 0 radical (unpaired) electrons. The molecule has 0 aliphatic carbocycles. The zero-order valence-corrected chi connectivity index (χ0v) is 23.7. The molecular weight excluding hydrogens is 500 g/mol. The predicted octanol–water partition coefficient (Wildman–Crippen LogP) is 4.08. The predicted molar refractivity (Wildman–Crippen MR) is 149 cm³/mol. The largest absolute Gasteiger partial charge is 0.508 e. The summed E-state index contributed by atoms with van der Waals surface area (Å²) in [4.78, 5) is 53.5. The highest BCUT2D eigenvalue weighted by Crippen LogP contribution is 2.33. The zero-order chi connectivity index (χ0) is 29.5. The number of nitrogens with zero attached hydrogens (tertiary/aromatic N) is 1. The summed E-state index contributed by atoms with van der Waals surface area (Å²) in [5.74, 6) is -2.02. The molecule has 10 nitrogen and oxygen atoms in total. The summed E-state index contributed by atoms with van der Waals surface area (Å²) in [6.07, 6.45) is -1.15. The summed E-state index contributed by atoms with van der Waals surface area (Å²) in [7, 11) is 0. The molecule has 0 heterocycles. The number of alkyl carbamates (subject to hydrolysis) is 1. The first kappa shape index (κ1) is 31.1. The minimum atomic E-state index is -1.27. The van der Waals surface area contributed by atoms with E-state index in [1.54, 1.807) is 52.8 Å².